The third-order valence-electron chi connectivity index (χ3n) is 8.89. The van der Waals surface area contributed by atoms with Crippen molar-refractivity contribution in [2.45, 2.75) is 51.2 Å². The van der Waals surface area contributed by atoms with Crippen molar-refractivity contribution < 1.29 is 28.1 Å². The fraction of sp³-hybridized carbons (Fsp3) is 0.516. The van der Waals surface area contributed by atoms with Gasteiger partial charge >= 0.3 is 12.2 Å². The molecule has 2 atom stereocenters. The van der Waals surface area contributed by atoms with Crippen LogP contribution in [0.25, 0.3) is 33.1 Å². The average Bonchev–Trinajstić information content (AvgIpc) is 3.58. The molecule has 4 aromatic rings. The van der Waals surface area contributed by atoms with Crippen LogP contribution in [-0.4, -0.2) is 101 Å². The van der Waals surface area contributed by atoms with Gasteiger partial charge in [-0.1, -0.05) is 0 Å². The number of ether oxygens (including phenoxy) is 4. The molecule has 1 unspecified atom stereocenters. The lowest BCUT2D eigenvalue weighted by Crippen LogP contribution is -2.46. The van der Waals surface area contributed by atoms with E-state index in [-0.39, 0.29) is 43.0 Å². The van der Waals surface area contributed by atoms with E-state index < -0.39 is 17.6 Å². The van der Waals surface area contributed by atoms with E-state index in [1.807, 2.05) is 17.9 Å². The fourth-order valence-corrected chi connectivity index (χ4v) is 6.59. The van der Waals surface area contributed by atoms with Crippen molar-refractivity contribution in [3.05, 3.63) is 35.4 Å². The van der Waals surface area contributed by atoms with Gasteiger partial charge in [-0.2, -0.15) is 15.1 Å². The summed E-state index contributed by atoms with van der Waals surface area (Å²) in [7, 11) is 2.07. The van der Waals surface area contributed by atoms with Gasteiger partial charge in [0, 0.05) is 29.7 Å². The van der Waals surface area contributed by atoms with Gasteiger partial charge in [0.1, 0.15) is 23.6 Å². The molecule has 12 nitrogen and oxygen atoms in total. The Balaban J connectivity index is 1.43. The molecule has 7 heterocycles. The van der Waals surface area contributed by atoms with Crippen LogP contribution in [0.3, 0.4) is 0 Å². The molecule has 3 aromatic heterocycles. The second kappa shape index (κ2) is 11.4. The Morgan fingerprint density at radius 2 is 2.07 bits per heavy atom. The van der Waals surface area contributed by atoms with E-state index in [1.54, 1.807) is 19.3 Å². The number of aromatic amines is 1. The molecule has 0 radical (unpaired) electrons. The summed E-state index contributed by atoms with van der Waals surface area (Å²) in [6, 6.07) is 2.29. The third-order valence-corrected chi connectivity index (χ3v) is 8.89. The van der Waals surface area contributed by atoms with E-state index in [9.17, 15) is 4.79 Å². The van der Waals surface area contributed by atoms with Crippen LogP contribution in [0, 0.1) is 12.7 Å². The fourth-order valence-electron chi connectivity index (χ4n) is 6.59. The Labute approximate surface area is 253 Å². The molecule has 13 heteroatoms. The molecule has 0 amide bonds. The van der Waals surface area contributed by atoms with Crippen molar-refractivity contribution in [2.75, 3.05) is 58.0 Å². The number of nitrogens with zero attached hydrogens (tertiary/aromatic N) is 6. The molecular weight excluding hydrogens is 569 g/mol. The van der Waals surface area contributed by atoms with Gasteiger partial charge in [0.25, 0.3) is 0 Å². The molecule has 2 saturated heterocycles. The molecule has 0 aliphatic carbocycles. The molecule has 44 heavy (non-hydrogen) atoms. The van der Waals surface area contributed by atoms with E-state index in [0.29, 0.717) is 49.4 Å². The van der Waals surface area contributed by atoms with Gasteiger partial charge < -0.3 is 28.7 Å². The maximum atomic E-state index is 16.9. The predicted molar refractivity (Wildman–Crippen MR) is 160 cm³/mol. The van der Waals surface area contributed by atoms with Gasteiger partial charge in [-0.05, 0) is 70.3 Å². The third kappa shape index (κ3) is 5.28. The molecule has 8 rings (SSSR count). The highest BCUT2D eigenvalue weighted by molar-refractivity contribution is 5.99. The van der Waals surface area contributed by atoms with Crippen LogP contribution in [0.5, 0.6) is 6.01 Å². The molecular formula is C31H36FN7O5. The van der Waals surface area contributed by atoms with Crippen LogP contribution < -0.4 is 9.64 Å². The summed E-state index contributed by atoms with van der Waals surface area (Å²) >= 11 is 0. The van der Waals surface area contributed by atoms with E-state index in [2.05, 4.69) is 27.1 Å². The van der Waals surface area contributed by atoms with Crippen LogP contribution >= 0.6 is 0 Å². The van der Waals surface area contributed by atoms with Crippen molar-refractivity contribution in [3.63, 3.8) is 0 Å². The number of fused-ring (bicyclic) bond motifs is 7. The van der Waals surface area contributed by atoms with E-state index in [0.717, 1.165) is 41.4 Å². The topological polar surface area (TPSA) is 128 Å². The van der Waals surface area contributed by atoms with E-state index in [1.165, 1.54) is 0 Å². The molecule has 6 bridgehead atoms. The number of hydrogen-bond donors (Lipinski definition) is 1. The summed E-state index contributed by atoms with van der Waals surface area (Å²) in [6.07, 6.45) is 5.66. The van der Waals surface area contributed by atoms with Gasteiger partial charge in [-0.25, -0.2) is 9.18 Å². The highest BCUT2D eigenvalue weighted by Crippen LogP contribution is 2.39. The number of carbonyl (C=O) groups is 1. The van der Waals surface area contributed by atoms with Gasteiger partial charge in [0.05, 0.1) is 43.5 Å². The lowest BCUT2D eigenvalue weighted by Gasteiger charge is -2.32. The lowest BCUT2D eigenvalue weighted by atomic mass is 9.92. The number of likely N-dealkylation sites (tertiary alicyclic amines) is 1. The van der Waals surface area contributed by atoms with Crippen LogP contribution in [0.4, 0.5) is 15.0 Å². The predicted octanol–water partition coefficient (Wildman–Crippen LogP) is 4.18. The number of pyridine rings is 1. The Hall–Kier alpha value is -4.10. The number of aryl methyl sites for hydroxylation is 1. The first-order chi connectivity index (χ1) is 21.3. The summed E-state index contributed by atoms with van der Waals surface area (Å²) in [5, 5.41) is 8.40. The monoisotopic (exact) mass is 605 g/mol. The Morgan fingerprint density at radius 1 is 1.18 bits per heavy atom. The molecule has 4 aliphatic rings. The highest BCUT2D eigenvalue weighted by Gasteiger charge is 2.37. The van der Waals surface area contributed by atoms with Crippen molar-refractivity contribution in [1.29, 1.82) is 0 Å². The maximum absolute atomic E-state index is 16.9. The number of carbonyl (C=O) groups excluding carboxylic acids is 1. The first-order valence-corrected chi connectivity index (χ1v) is 15.1. The number of benzene rings is 1. The van der Waals surface area contributed by atoms with Gasteiger partial charge in [0.15, 0.2) is 11.4 Å². The largest absolute Gasteiger partial charge is 0.508 e. The van der Waals surface area contributed by atoms with Crippen LogP contribution in [0.2, 0.25) is 0 Å². The van der Waals surface area contributed by atoms with E-state index in [4.69, 9.17) is 28.9 Å². The quantitative estimate of drug-likeness (QED) is 0.338. The van der Waals surface area contributed by atoms with Crippen LogP contribution in [0.15, 0.2) is 18.5 Å². The minimum absolute atomic E-state index is 0.0788. The zero-order valence-corrected chi connectivity index (χ0v) is 25.2. The number of H-pyrrole nitrogens is 1. The highest BCUT2D eigenvalue weighted by atomic mass is 19.1. The van der Waals surface area contributed by atoms with Gasteiger partial charge in [-0.3, -0.25) is 10.1 Å². The smallest absolute Gasteiger partial charge is 0.462 e. The zero-order chi connectivity index (χ0) is 30.4. The zero-order valence-electron chi connectivity index (χ0n) is 25.2. The number of hydrogen-bond acceptors (Lipinski definition) is 11. The molecule has 2 fully saturated rings. The Morgan fingerprint density at radius 3 is 2.91 bits per heavy atom. The van der Waals surface area contributed by atoms with E-state index >= 15 is 4.39 Å². The standard InChI is InChI=1S/C31H36FN7O5/c1-18-12-23-21(14-34-37-23)24-20(18)7-5-10-42-30(40)44-31(2)16-39(9-11-41-17-31)28-22-13-33-27(24)25(32)26(22)35-29(36-28)43-15-19-6-4-8-38(19)3/h12-14,19H,4-11,15-17H2,1-3H3,(H,34,37)/t19-,31?/m0/s1. The summed E-state index contributed by atoms with van der Waals surface area (Å²) in [6.45, 7) is 6.45. The average molecular weight is 606 g/mol. The normalized spacial score (nSPS) is 23.1. The Kier molecular flexibility index (Phi) is 7.45. The lowest BCUT2D eigenvalue weighted by molar-refractivity contribution is -0.0575. The number of nitrogens with one attached hydrogen (secondary N) is 1. The molecule has 0 spiro atoms. The SMILES string of the molecule is Cc1cc2[nH]ncc2c2c1CCCOC(=O)OC1(C)COCCN(C1)c1nc(OC[C@@H]3CCCN3C)nc3c(F)c-2ncc13. The minimum atomic E-state index is -1.04. The Bertz CT molecular complexity index is 1730. The molecule has 4 aliphatic heterocycles. The maximum Gasteiger partial charge on any atom is 0.508 e. The second-order valence-electron chi connectivity index (χ2n) is 12.2. The van der Waals surface area contributed by atoms with Crippen molar-refractivity contribution in [3.8, 4) is 17.3 Å². The summed E-state index contributed by atoms with van der Waals surface area (Å²) in [5.74, 6) is -0.131. The van der Waals surface area contributed by atoms with Crippen molar-refractivity contribution >= 4 is 33.8 Å². The molecule has 1 N–H and O–H groups in total. The minimum Gasteiger partial charge on any atom is -0.462 e. The summed E-state index contributed by atoms with van der Waals surface area (Å²) in [4.78, 5) is 31.1. The summed E-state index contributed by atoms with van der Waals surface area (Å²) in [5.41, 5.74) is 2.47. The van der Waals surface area contributed by atoms with Crippen LogP contribution in [-0.2, 0) is 20.6 Å². The number of halogens is 1. The van der Waals surface area contributed by atoms with Gasteiger partial charge in [-0.15, -0.1) is 0 Å². The number of anilines is 1. The number of aromatic nitrogens is 5. The first-order valence-electron chi connectivity index (χ1n) is 15.1. The van der Waals surface area contributed by atoms with Crippen molar-refractivity contribution in [2.24, 2.45) is 0 Å². The molecule has 0 saturated carbocycles. The second-order valence-corrected chi connectivity index (χ2v) is 12.2. The number of rotatable bonds is 3. The molecule has 232 valence electrons. The van der Waals surface area contributed by atoms with Crippen molar-refractivity contribution in [1.82, 2.24) is 30.0 Å². The van der Waals surface area contributed by atoms with Crippen LogP contribution in [0.1, 0.15) is 37.3 Å². The first kappa shape index (κ1) is 28.7. The molecule has 1 aromatic carbocycles. The number of likely N-dealkylation sites (N-methyl/N-ethyl adjacent to an activating group) is 1. The van der Waals surface area contributed by atoms with Gasteiger partial charge in [0.2, 0.25) is 0 Å². The summed E-state index contributed by atoms with van der Waals surface area (Å²) < 4.78 is 40.3.